The van der Waals surface area contributed by atoms with Gasteiger partial charge < -0.3 is 14.5 Å². The first kappa shape index (κ1) is 18.7. The standard InChI is InChI=1S/C19H25BrN4O3/c1-2-24-16-7-10-26-12-14(16)15(22-24)11-23-8-5-13(6-9-23)21-19(25)17-3-4-18(20)27-17/h3-4,13H,2,5-12H2,1H3,(H,21,25). The average Bonchev–Trinajstić information content (AvgIpc) is 3.27. The van der Waals surface area contributed by atoms with E-state index in [0.29, 0.717) is 17.0 Å². The smallest absolute Gasteiger partial charge is 0.287 e. The van der Waals surface area contributed by atoms with Crippen molar-refractivity contribution < 1.29 is 13.9 Å². The molecule has 0 spiro atoms. The highest BCUT2D eigenvalue weighted by Crippen LogP contribution is 2.23. The van der Waals surface area contributed by atoms with E-state index >= 15 is 0 Å². The van der Waals surface area contributed by atoms with Crippen molar-refractivity contribution in [3.8, 4) is 0 Å². The first-order valence-electron chi connectivity index (χ1n) is 9.57. The summed E-state index contributed by atoms with van der Waals surface area (Å²) >= 11 is 3.23. The number of carbonyl (C=O) groups is 1. The Morgan fingerprint density at radius 1 is 1.37 bits per heavy atom. The van der Waals surface area contributed by atoms with Crippen molar-refractivity contribution in [2.75, 3.05) is 19.7 Å². The second-order valence-corrected chi connectivity index (χ2v) is 7.90. The van der Waals surface area contributed by atoms with Crippen molar-refractivity contribution in [3.63, 3.8) is 0 Å². The number of likely N-dealkylation sites (tertiary alicyclic amines) is 1. The zero-order valence-electron chi connectivity index (χ0n) is 15.5. The van der Waals surface area contributed by atoms with E-state index in [4.69, 9.17) is 14.3 Å². The van der Waals surface area contributed by atoms with Gasteiger partial charge in [0.1, 0.15) is 0 Å². The van der Waals surface area contributed by atoms with E-state index in [1.54, 1.807) is 12.1 Å². The number of halogens is 1. The number of aryl methyl sites for hydroxylation is 1. The topological polar surface area (TPSA) is 72.5 Å². The molecule has 2 aromatic heterocycles. The van der Waals surface area contributed by atoms with Crippen LogP contribution < -0.4 is 5.32 Å². The highest BCUT2D eigenvalue weighted by Gasteiger charge is 2.26. The Labute approximate surface area is 167 Å². The van der Waals surface area contributed by atoms with Gasteiger partial charge in [-0.15, -0.1) is 0 Å². The van der Waals surface area contributed by atoms with Crippen LogP contribution in [-0.4, -0.2) is 46.3 Å². The van der Waals surface area contributed by atoms with E-state index < -0.39 is 0 Å². The fraction of sp³-hybridized carbons (Fsp3) is 0.579. The minimum atomic E-state index is -0.146. The van der Waals surface area contributed by atoms with E-state index in [-0.39, 0.29) is 11.9 Å². The average molecular weight is 437 g/mol. The van der Waals surface area contributed by atoms with Gasteiger partial charge in [0.05, 0.1) is 18.9 Å². The molecule has 8 heteroatoms. The summed E-state index contributed by atoms with van der Waals surface area (Å²) in [6, 6.07) is 3.60. The molecule has 4 heterocycles. The van der Waals surface area contributed by atoms with Gasteiger partial charge in [-0.1, -0.05) is 0 Å². The summed E-state index contributed by atoms with van der Waals surface area (Å²) in [5, 5.41) is 7.90. The normalized spacial score (nSPS) is 18.4. The summed E-state index contributed by atoms with van der Waals surface area (Å²) in [5.41, 5.74) is 3.77. The lowest BCUT2D eigenvalue weighted by Gasteiger charge is -2.32. The molecule has 0 radical (unpaired) electrons. The van der Waals surface area contributed by atoms with Crippen LogP contribution in [0.15, 0.2) is 21.2 Å². The molecule has 146 valence electrons. The van der Waals surface area contributed by atoms with Crippen molar-refractivity contribution >= 4 is 21.8 Å². The van der Waals surface area contributed by atoms with Gasteiger partial charge in [0.15, 0.2) is 10.4 Å². The van der Waals surface area contributed by atoms with E-state index in [1.807, 2.05) is 0 Å². The number of nitrogens with zero attached hydrogens (tertiary/aromatic N) is 3. The van der Waals surface area contributed by atoms with E-state index in [0.717, 1.165) is 57.7 Å². The number of fused-ring (bicyclic) bond motifs is 1. The van der Waals surface area contributed by atoms with Crippen molar-refractivity contribution in [1.82, 2.24) is 20.0 Å². The van der Waals surface area contributed by atoms with Crippen LogP contribution in [0, 0.1) is 0 Å². The maximum absolute atomic E-state index is 12.2. The largest absolute Gasteiger partial charge is 0.444 e. The van der Waals surface area contributed by atoms with Gasteiger partial charge in [0.25, 0.3) is 5.91 Å². The number of piperidine rings is 1. The number of carbonyl (C=O) groups excluding carboxylic acids is 1. The Morgan fingerprint density at radius 2 is 2.19 bits per heavy atom. The fourth-order valence-corrected chi connectivity index (χ4v) is 4.21. The van der Waals surface area contributed by atoms with Crippen molar-refractivity contribution in [1.29, 1.82) is 0 Å². The molecular formula is C19H25BrN4O3. The molecule has 1 amide bonds. The third kappa shape index (κ3) is 4.12. The zero-order valence-corrected chi connectivity index (χ0v) is 17.1. The van der Waals surface area contributed by atoms with Crippen LogP contribution in [0.3, 0.4) is 0 Å². The van der Waals surface area contributed by atoms with E-state index in [9.17, 15) is 4.79 Å². The van der Waals surface area contributed by atoms with Crippen molar-refractivity contribution in [2.24, 2.45) is 0 Å². The molecule has 0 aromatic carbocycles. The lowest BCUT2D eigenvalue weighted by atomic mass is 10.0. The molecule has 27 heavy (non-hydrogen) atoms. The fourth-order valence-electron chi connectivity index (χ4n) is 3.91. The Kier molecular flexibility index (Phi) is 5.66. The maximum atomic E-state index is 12.2. The SMILES string of the molecule is CCn1nc(CN2CCC(NC(=O)c3ccc(Br)o3)CC2)c2c1CCOC2. The first-order chi connectivity index (χ1) is 13.1. The predicted molar refractivity (Wildman–Crippen MR) is 103 cm³/mol. The third-order valence-electron chi connectivity index (χ3n) is 5.37. The minimum Gasteiger partial charge on any atom is -0.444 e. The van der Waals surface area contributed by atoms with Gasteiger partial charge in [0.2, 0.25) is 0 Å². The van der Waals surface area contributed by atoms with Gasteiger partial charge in [-0.05, 0) is 47.8 Å². The molecule has 2 aliphatic rings. The Bertz CT molecular complexity index is 808. The minimum absolute atomic E-state index is 0.146. The van der Waals surface area contributed by atoms with Gasteiger partial charge in [0, 0.05) is 49.9 Å². The quantitative estimate of drug-likeness (QED) is 0.779. The number of ether oxygens (including phenoxy) is 1. The zero-order chi connectivity index (χ0) is 18.8. The van der Waals surface area contributed by atoms with Crippen LogP contribution in [0.25, 0.3) is 0 Å². The number of aromatic nitrogens is 2. The summed E-state index contributed by atoms with van der Waals surface area (Å²) in [6.07, 6.45) is 2.81. The molecule has 1 N–H and O–H groups in total. The lowest BCUT2D eigenvalue weighted by molar-refractivity contribution is 0.0877. The van der Waals surface area contributed by atoms with Gasteiger partial charge in [-0.2, -0.15) is 5.10 Å². The number of amides is 1. The molecular weight excluding hydrogens is 412 g/mol. The maximum Gasteiger partial charge on any atom is 0.287 e. The Hall–Kier alpha value is -1.64. The summed E-state index contributed by atoms with van der Waals surface area (Å²) < 4.78 is 13.7. The van der Waals surface area contributed by atoms with Crippen LogP contribution in [-0.2, 0) is 30.9 Å². The monoisotopic (exact) mass is 436 g/mol. The second-order valence-electron chi connectivity index (χ2n) is 7.12. The number of hydrogen-bond donors (Lipinski definition) is 1. The van der Waals surface area contributed by atoms with E-state index in [2.05, 4.69) is 37.8 Å². The number of nitrogens with one attached hydrogen (secondary N) is 1. The first-order valence-corrected chi connectivity index (χ1v) is 10.4. The van der Waals surface area contributed by atoms with E-state index in [1.165, 1.54) is 11.3 Å². The van der Waals surface area contributed by atoms with Crippen LogP contribution in [0.2, 0.25) is 0 Å². The molecule has 0 unspecified atom stereocenters. The van der Waals surface area contributed by atoms with Crippen molar-refractivity contribution in [2.45, 2.75) is 51.9 Å². The highest BCUT2D eigenvalue weighted by molar-refractivity contribution is 9.10. The third-order valence-corrected chi connectivity index (χ3v) is 5.80. The van der Waals surface area contributed by atoms with Crippen LogP contribution in [0.1, 0.15) is 47.3 Å². The van der Waals surface area contributed by atoms with Crippen LogP contribution in [0.4, 0.5) is 0 Å². The molecule has 0 saturated carbocycles. The molecule has 0 aliphatic carbocycles. The molecule has 1 fully saturated rings. The summed E-state index contributed by atoms with van der Waals surface area (Å²) in [7, 11) is 0. The molecule has 0 bridgehead atoms. The molecule has 1 saturated heterocycles. The molecule has 0 atom stereocenters. The molecule has 4 rings (SSSR count). The molecule has 2 aromatic rings. The summed E-state index contributed by atoms with van der Waals surface area (Å²) in [4.78, 5) is 14.6. The summed E-state index contributed by atoms with van der Waals surface area (Å²) in [5.74, 6) is 0.202. The molecule has 7 nitrogen and oxygen atoms in total. The number of rotatable bonds is 5. The van der Waals surface area contributed by atoms with Crippen LogP contribution >= 0.6 is 15.9 Å². The predicted octanol–water partition coefficient (Wildman–Crippen LogP) is 2.73. The Morgan fingerprint density at radius 3 is 2.89 bits per heavy atom. The Balaban J connectivity index is 1.32. The van der Waals surface area contributed by atoms with Crippen LogP contribution in [0.5, 0.6) is 0 Å². The molecule has 2 aliphatic heterocycles. The highest BCUT2D eigenvalue weighted by atomic mass is 79.9. The van der Waals surface area contributed by atoms with Gasteiger partial charge >= 0.3 is 0 Å². The number of furan rings is 1. The lowest BCUT2D eigenvalue weighted by Crippen LogP contribution is -2.44. The number of hydrogen-bond acceptors (Lipinski definition) is 5. The summed E-state index contributed by atoms with van der Waals surface area (Å²) in [6.45, 7) is 7.25. The van der Waals surface area contributed by atoms with Gasteiger partial charge in [-0.25, -0.2) is 0 Å². The second kappa shape index (κ2) is 8.16. The van der Waals surface area contributed by atoms with Gasteiger partial charge in [-0.3, -0.25) is 14.4 Å². The van der Waals surface area contributed by atoms with Crippen molar-refractivity contribution in [3.05, 3.63) is 39.5 Å².